The van der Waals surface area contributed by atoms with Gasteiger partial charge >= 0.3 is 0 Å². The Labute approximate surface area is 112 Å². The molecule has 1 fully saturated rings. The summed E-state index contributed by atoms with van der Waals surface area (Å²) in [6, 6.07) is 5.49. The standard InChI is InChI=1S/C13H17Cl2NO/c14-10-4-3-9(12(15)6-10)7-13(17)5-1-2-11(16)8-13/h3-4,6,11,17H,1-2,5,7-8,16H2. The predicted octanol–water partition coefficient (Wildman–Crippen LogP) is 3.17. The molecule has 1 saturated carbocycles. The van der Waals surface area contributed by atoms with E-state index in [4.69, 9.17) is 28.9 Å². The minimum Gasteiger partial charge on any atom is -0.389 e. The molecule has 0 radical (unpaired) electrons. The Bertz CT molecular complexity index is 410. The molecule has 1 aromatic carbocycles. The summed E-state index contributed by atoms with van der Waals surface area (Å²) < 4.78 is 0. The third kappa shape index (κ3) is 3.35. The summed E-state index contributed by atoms with van der Waals surface area (Å²) in [5, 5.41) is 11.7. The van der Waals surface area contributed by atoms with Crippen molar-refractivity contribution >= 4 is 23.2 Å². The van der Waals surface area contributed by atoms with Crippen LogP contribution in [-0.2, 0) is 6.42 Å². The van der Waals surface area contributed by atoms with Crippen LogP contribution < -0.4 is 5.73 Å². The van der Waals surface area contributed by atoms with Gasteiger partial charge in [-0.25, -0.2) is 0 Å². The molecular formula is C13H17Cl2NO. The molecule has 0 amide bonds. The average molecular weight is 274 g/mol. The maximum atomic E-state index is 10.5. The molecule has 1 aliphatic rings. The van der Waals surface area contributed by atoms with Crippen molar-refractivity contribution < 1.29 is 5.11 Å². The zero-order valence-electron chi connectivity index (χ0n) is 9.63. The molecule has 2 nitrogen and oxygen atoms in total. The van der Waals surface area contributed by atoms with E-state index < -0.39 is 5.60 Å². The van der Waals surface area contributed by atoms with Crippen molar-refractivity contribution in [2.24, 2.45) is 5.73 Å². The molecule has 17 heavy (non-hydrogen) atoms. The van der Waals surface area contributed by atoms with Gasteiger partial charge in [0.1, 0.15) is 0 Å². The first kappa shape index (κ1) is 13.2. The Kier molecular flexibility index (Phi) is 3.99. The fourth-order valence-corrected chi connectivity index (χ4v) is 3.04. The smallest absolute Gasteiger partial charge is 0.0703 e. The predicted molar refractivity (Wildman–Crippen MR) is 71.6 cm³/mol. The van der Waals surface area contributed by atoms with Crippen LogP contribution in [0.25, 0.3) is 0 Å². The lowest BCUT2D eigenvalue weighted by Crippen LogP contribution is -2.42. The van der Waals surface area contributed by atoms with Crippen LogP contribution in [0.2, 0.25) is 10.0 Å². The summed E-state index contributed by atoms with van der Waals surface area (Å²) in [6.45, 7) is 0. The van der Waals surface area contributed by atoms with Gasteiger partial charge in [0.25, 0.3) is 0 Å². The van der Waals surface area contributed by atoms with Gasteiger partial charge in [0.2, 0.25) is 0 Å². The van der Waals surface area contributed by atoms with Gasteiger partial charge in [-0.05, 0) is 43.4 Å². The zero-order valence-corrected chi connectivity index (χ0v) is 11.1. The number of nitrogens with two attached hydrogens (primary N) is 1. The first-order chi connectivity index (χ1) is 7.98. The van der Waals surface area contributed by atoms with Crippen LogP contribution in [0.1, 0.15) is 31.2 Å². The molecule has 0 aliphatic heterocycles. The molecule has 4 heteroatoms. The first-order valence-electron chi connectivity index (χ1n) is 5.90. The number of hydrogen-bond donors (Lipinski definition) is 2. The van der Waals surface area contributed by atoms with E-state index in [9.17, 15) is 5.11 Å². The topological polar surface area (TPSA) is 46.2 Å². The number of halogens is 2. The van der Waals surface area contributed by atoms with Crippen LogP contribution in [0.4, 0.5) is 0 Å². The Balaban J connectivity index is 2.14. The third-order valence-electron chi connectivity index (χ3n) is 3.39. The van der Waals surface area contributed by atoms with Crippen molar-refractivity contribution in [1.82, 2.24) is 0 Å². The number of benzene rings is 1. The quantitative estimate of drug-likeness (QED) is 0.870. The van der Waals surface area contributed by atoms with Gasteiger partial charge in [0.15, 0.2) is 0 Å². The summed E-state index contributed by atoms with van der Waals surface area (Å²) in [7, 11) is 0. The molecule has 2 atom stereocenters. The van der Waals surface area contributed by atoms with Gasteiger partial charge in [0.05, 0.1) is 5.60 Å². The van der Waals surface area contributed by atoms with Crippen molar-refractivity contribution in [3.63, 3.8) is 0 Å². The van der Waals surface area contributed by atoms with E-state index >= 15 is 0 Å². The molecule has 0 aromatic heterocycles. The molecular weight excluding hydrogens is 257 g/mol. The maximum Gasteiger partial charge on any atom is 0.0703 e. The van der Waals surface area contributed by atoms with E-state index in [2.05, 4.69) is 0 Å². The minimum atomic E-state index is -0.713. The number of hydrogen-bond acceptors (Lipinski definition) is 2. The Morgan fingerprint density at radius 2 is 2.18 bits per heavy atom. The molecule has 3 N–H and O–H groups in total. The third-order valence-corrected chi connectivity index (χ3v) is 3.98. The van der Waals surface area contributed by atoms with Crippen LogP contribution in [0, 0.1) is 0 Å². The fourth-order valence-electron chi connectivity index (χ4n) is 2.57. The lowest BCUT2D eigenvalue weighted by molar-refractivity contribution is -0.00189. The molecule has 0 bridgehead atoms. The lowest BCUT2D eigenvalue weighted by Gasteiger charge is -2.35. The molecule has 0 spiro atoms. The molecule has 94 valence electrons. The van der Waals surface area contributed by atoms with Crippen molar-refractivity contribution in [2.75, 3.05) is 0 Å². The van der Waals surface area contributed by atoms with Gasteiger partial charge in [-0.15, -0.1) is 0 Å². The van der Waals surface area contributed by atoms with Crippen LogP contribution in [-0.4, -0.2) is 16.7 Å². The first-order valence-corrected chi connectivity index (χ1v) is 6.66. The molecule has 1 aromatic rings. The van der Waals surface area contributed by atoms with Crippen LogP contribution in [0.15, 0.2) is 18.2 Å². The highest BCUT2D eigenvalue weighted by molar-refractivity contribution is 6.35. The zero-order chi connectivity index (χ0) is 12.5. The van der Waals surface area contributed by atoms with Gasteiger partial charge in [0, 0.05) is 22.5 Å². The fraction of sp³-hybridized carbons (Fsp3) is 0.538. The van der Waals surface area contributed by atoms with Gasteiger partial charge in [-0.3, -0.25) is 0 Å². The summed E-state index contributed by atoms with van der Waals surface area (Å²) >= 11 is 12.0. The SMILES string of the molecule is NC1CCCC(O)(Cc2ccc(Cl)cc2Cl)C1. The van der Waals surface area contributed by atoms with E-state index in [1.807, 2.05) is 6.07 Å². The summed E-state index contributed by atoms with van der Waals surface area (Å²) in [6.07, 6.45) is 3.96. The second-order valence-electron chi connectivity index (χ2n) is 4.99. The lowest BCUT2D eigenvalue weighted by atomic mass is 9.78. The second-order valence-corrected chi connectivity index (χ2v) is 5.84. The van der Waals surface area contributed by atoms with Gasteiger partial charge in [-0.1, -0.05) is 29.3 Å². The second kappa shape index (κ2) is 5.15. The van der Waals surface area contributed by atoms with Gasteiger partial charge < -0.3 is 10.8 Å². The Morgan fingerprint density at radius 1 is 1.41 bits per heavy atom. The van der Waals surface area contributed by atoms with E-state index in [1.165, 1.54) is 0 Å². The minimum absolute atomic E-state index is 0.0971. The molecule has 2 unspecified atom stereocenters. The van der Waals surface area contributed by atoms with E-state index in [-0.39, 0.29) is 6.04 Å². The van der Waals surface area contributed by atoms with E-state index in [0.717, 1.165) is 24.8 Å². The molecule has 1 aliphatic carbocycles. The van der Waals surface area contributed by atoms with Crippen LogP contribution >= 0.6 is 23.2 Å². The van der Waals surface area contributed by atoms with E-state index in [0.29, 0.717) is 22.9 Å². The maximum absolute atomic E-state index is 10.5. The highest BCUT2D eigenvalue weighted by Crippen LogP contribution is 2.33. The number of aliphatic hydroxyl groups is 1. The highest BCUT2D eigenvalue weighted by Gasteiger charge is 2.33. The highest BCUT2D eigenvalue weighted by atomic mass is 35.5. The average Bonchev–Trinajstić information content (AvgIpc) is 2.22. The largest absolute Gasteiger partial charge is 0.389 e. The van der Waals surface area contributed by atoms with Crippen molar-refractivity contribution in [1.29, 1.82) is 0 Å². The summed E-state index contributed by atoms with van der Waals surface area (Å²) in [4.78, 5) is 0. The molecule has 0 saturated heterocycles. The molecule has 2 rings (SSSR count). The van der Waals surface area contributed by atoms with Gasteiger partial charge in [-0.2, -0.15) is 0 Å². The van der Waals surface area contributed by atoms with Crippen molar-refractivity contribution in [2.45, 2.75) is 43.7 Å². The monoisotopic (exact) mass is 273 g/mol. The summed E-state index contributed by atoms with van der Waals surface area (Å²) in [5.41, 5.74) is 6.14. The van der Waals surface area contributed by atoms with Crippen molar-refractivity contribution in [3.05, 3.63) is 33.8 Å². The van der Waals surface area contributed by atoms with E-state index in [1.54, 1.807) is 12.1 Å². The van der Waals surface area contributed by atoms with Crippen molar-refractivity contribution in [3.8, 4) is 0 Å². The van der Waals surface area contributed by atoms with Crippen LogP contribution in [0.5, 0.6) is 0 Å². The van der Waals surface area contributed by atoms with Crippen LogP contribution in [0.3, 0.4) is 0 Å². The Morgan fingerprint density at radius 3 is 2.82 bits per heavy atom. The summed E-state index contributed by atoms with van der Waals surface area (Å²) in [5.74, 6) is 0. The normalized spacial score (nSPS) is 29.3. The Hall–Kier alpha value is -0.280. The number of rotatable bonds is 2. The molecule has 0 heterocycles.